The van der Waals surface area contributed by atoms with E-state index in [1.54, 1.807) is 19.2 Å². The Balaban J connectivity index is 1.71. The minimum atomic E-state index is -4.40. The number of carbonyl (C=O) groups is 1. The molecule has 3 aromatic rings. The van der Waals surface area contributed by atoms with Crippen LogP contribution in [-0.2, 0) is 17.5 Å². The molecule has 0 aliphatic rings. The van der Waals surface area contributed by atoms with Gasteiger partial charge in [0.15, 0.2) is 0 Å². The molecule has 0 spiro atoms. The minimum Gasteiger partial charge on any atom is -0.314 e. The zero-order chi connectivity index (χ0) is 18.7. The first-order chi connectivity index (χ1) is 12.3. The summed E-state index contributed by atoms with van der Waals surface area (Å²) in [5, 5.41) is 11.6. The van der Waals surface area contributed by atoms with E-state index in [0.29, 0.717) is 5.56 Å². The second-order valence-electron chi connectivity index (χ2n) is 5.51. The van der Waals surface area contributed by atoms with E-state index in [1.165, 1.54) is 17.0 Å². The maximum Gasteiger partial charge on any atom is 0.416 e. The van der Waals surface area contributed by atoms with E-state index in [9.17, 15) is 18.0 Å². The van der Waals surface area contributed by atoms with Gasteiger partial charge in [0.25, 0.3) is 0 Å². The monoisotopic (exact) mass is 361 g/mol. The van der Waals surface area contributed by atoms with Crippen LogP contribution in [0.5, 0.6) is 0 Å². The Morgan fingerprint density at radius 1 is 1.08 bits per heavy atom. The van der Waals surface area contributed by atoms with Gasteiger partial charge in [-0.25, -0.2) is 0 Å². The number of rotatable bonds is 4. The molecule has 0 radical (unpaired) electrons. The van der Waals surface area contributed by atoms with Gasteiger partial charge in [-0.1, -0.05) is 30.3 Å². The van der Waals surface area contributed by atoms with E-state index in [2.05, 4.69) is 15.4 Å². The number of aromatic nitrogens is 4. The van der Waals surface area contributed by atoms with Gasteiger partial charge in [0.2, 0.25) is 11.7 Å². The molecule has 26 heavy (non-hydrogen) atoms. The van der Waals surface area contributed by atoms with Gasteiger partial charge in [-0.2, -0.15) is 18.0 Å². The Bertz CT molecular complexity index is 891. The highest BCUT2D eigenvalue weighted by Crippen LogP contribution is 2.30. The van der Waals surface area contributed by atoms with Crippen LogP contribution in [0.15, 0.2) is 54.6 Å². The molecule has 9 heteroatoms. The molecule has 1 amide bonds. The van der Waals surface area contributed by atoms with Crippen LogP contribution in [0.4, 0.5) is 18.9 Å². The molecular formula is C17H14F3N5O. The fourth-order valence-electron chi connectivity index (χ4n) is 2.26. The van der Waals surface area contributed by atoms with Crippen LogP contribution >= 0.6 is 0 Å². The van der Waals surface area contributed by atoms with Crippen molar-refractivity contribution in [1.29, 1.82) is 0 Å². The van der Waals surface area contributed by atoms with Crippen molar-refractivity contribution in [2.75, 3.05) is 11.9 Å². The summed E-state index contributed by atoms with van der Waals surface area (Å²) in [7, 11) is 1.63. The lowest BCUT2D eigenvalue weighted by molar-refractivity contribution is -0.137. The lowest BCUT2D eigenvalue weighted by atomic mass is 10.1. The Labute approximate surface area is 146 Å². The zero-order valence-electron chi connectivity index (χ0n) is 13.7. The maximum absolute atomic E-state index is 12.6. The van der Waals surface area contributed by atoms with Crippen LogP contribution in [0.1, 0.15) is 5.56 Å². The van der Waals surface area contributed by atoms with Crippen molar-refractivity contribution < 1.29 is 18.0 Å². The Morgan fingerprint density at radius 2 is 1.73 bits per heavy atom. The highest BCUT2D eigenvalue weighted by molar-refractivity contribution is 5.92. The van der Waals surface area contributed by atoms with Crippen LogP contribution in [0.2, 0.25) is 0 Å². The molecule has 0 atom stereocenters. The van der Waals surface area contributed by atoms with E-state index < -0.39 is 11.7 Å². The van der Waals surface area contributed by atoms with Gasteiger partial charge < -0.3 is 4.90 Å². The van der Waals surface area contributed by atoms with Gasteiger partial charge in [0.1, 0.15) is 6.54 Å². The molecule has 6 nitrogen and oxygen atoms in total. The van der Waals surface area contributed by atoms with Gasteiger partial charge in [-0.3, -0.25) is 4.79 Å². The molecule has 0 fully saturated rings. The first kappa shape index (κ1) is 17.6. The van der Waals surface area contributed by atoms with Gasteiger partial charge in [0.05, 0.1) is 5.56 Å². The summed E-state index contributed by atoms with van der Waals surface area (Å²) in [6.07, 6.45) is -4.40. The summed E-state index contributed by atoms with van der Waals surface area (Å²) in [6, 6.07) is 13.5. The minimum absolute atomic E-state index is 0.140. The molecule has 3 rings (SSSR count). The predicted molar refractivity (Wildman–Crippen MR) is 88.1 cm³/mol. The first-order valence-electron chi connectivity index (χ1n) is 7.61. The van der Waals surface area contributed by atoms with Crippen LogP contribution < -0.4 is 4.90 Å². The smallest absolute Gasteiger partial charge is 0.314 e. The average Bonchev–Trinajstić information content (AvgIpc) is 3.09. The second-order valence-corrected chi connectivity index (χ2v) is 5.51. The number of benzene rings is 2. The molecule has 0 saturated heterocycles. The van der Waals surface area contributed by atoms with Gasteiger partial charge >= 0.3 is 6.18 Å². The Hall–Kier alpha value is -3.23. The molecule has 0 N–H and O–H groups in total. The number of hydrogen-bond donors (Lipinski definition) is 0. The average molecular weight is 361 g/mol. The third-order valence-electron chi connectivity index (χ3n) is 3.72. The van der Waals surface area contributed by atoms with Crippen molar-refractivity contribution in [2.24, 2.45) is 0 Å². The van der Waals surface area contributed by atoms with Crippen molar-refractivity contribution in [3.8, 4) is 11.4 Å². The van der Waals surface area contributed by atoms with Crippen molar-refractivity contribution in [3.63, 3.8) is 0 Å². The van der Waals surface area contributed by atoms with Crippen molar-refractivity contribution in [3.05, 3.63) is 60.2 Å². The predicted octanol–water partition coefficient (Wildman–Crippen LogP) is 3.02. The van der Waals surface area contributed by atoms with Crippen molar-refractivity contribution >= 4 is 11.6 Å². The molecule has 2 aromatic carbocycles. The summed E-state index contributed by atoms with van der Waals surface area (Å²) in [6.45, 7) is -0.140. The fourth-order valence-corrected chi connectivity index (χ4v) is 2.26. The molecule has 0 bridgehead atoms. The number of amides is 1. The topological polar surface area (TPSA) is 63.9 Å². The van der Waals surface area contributed by atoms with Gasteiger partial charge in [-0.05, 0) is 29.5 Å². The normalized spacial score (nSPS) is 11.4. The number of anilines is 1. The highest BCUT2D eigenvalue weighted by Gasteiger charge is 2.30. The SMILES string of the molecule is CN(C(=O)Cn1nnc(-c2ccc(C(F)(F)F)cc2)n1)c1ccccc1. The number of hydrogen-bond acceptors (Lipinski definition) is 4. The van der Waals surface area contributed by atoms with E-state index in [1.807, 2.05) is 18.2 Å². The van der Waals surface area contributed by atoms with Crippen LogP contribution in [0.3, 0.4) is 0 Å². The fraction of sp³-hybridized carbons (Fsp3) is 0.176. The molecular weight excluding hydrogens is 347 g/mol. The Kier molecular flexibility index (Phi) is 4.70. The number of likely N-dealkylation sites (N-methyl/N-ethyl adjacent to an activating group) is 1. The number of tetrazole rings is 1. The molecule has 1 heterocycles. The highest BCUT2D eigenvalue weighted by atomic mass is 19.4. The maximum atomic E-state index is 12.6. The largest absolute Gasteiger partial charge is 0.416 e. The molecule has 1 aromatic heterocycles. The molecule has 0 saturated carbocycles. The molecule has 0 unspecified atom stereocenters. The van der Waals surface area contributed by atoms with Crippen molar-refractivity contribution in [2.45, 2.75) is 12.7 Å². The molecule has 134 valence electrons. The quantitative estimate of drug-likeness (QED) is 0.717. The van der Waals surface area contributed by atoms with Crippen LogP contribution in [0.25, 0.3) is 11.4 Å². The number of halogens is 3. The first-order valence-corrected chi connectivity index (χ1v) is 7.61. The summed E-state index contributed by atoms with van der Waals surface area (Å²) >= 11 is 0. The summed E-state index contributed by atoms with van der Waals surface area (Å²) in [4.78, 5) is 14.9. The zero-order valence-corrected chi connectivity index (χ0v) is 13.7. The number of nitrogens with zero attached hydrogens (tertiary/aromatic N) is 5. The second kappa shape index (κ2) is 6.95. The number of para-hydroxylation sites is 1. The van der Waals surface area contributed by atoms with E-state index in [0.717, 1.165) is 22.6 Å². The van der Waals surface area contributed by atoms with Crippen molar-refractivity contribution in [1.82, 2.24) is 20.2 Å². The van der Waals surface area contributed by atoms with E-state index in [4.69, 9.17) is 0 Å². The molecule has 0 aliphatic carbocycles. The number of carbonyl (C=O) groups excluding carboxylic acids is 1. The lowest BCUT2D eigenvalue weighted by Crippen LogP contribution is -2.30. The van der Waals surface area contributed by atoms with Gasteiger partial charge in [0, 0.05) is 18.3 Å². The summed E-state index contributed by atoms with van der Waals surface area (Å²) in [5.74, 6) is -0.110. The van der Waals surface area contributed by atoms with Crippen LogP contribution in [-0.4, -0.2) is 33.2 Å². The van der Waals surface area contributed by atoms with Gasteiger partial charge in [-0.15, -0.1) is 10.2 Å². The lowest BCUT2D eigenvalue weighted by Gasteiger charge is -2.16. The van der Waals surface area contributed by atoms with E-state index >= 15 is 0 Å². The van der Waals surface area contributed by atoms with E-state index in [-0.39, 0.29) is 18.3 Å². The Morgan fingerprint density at radius 3 is 2.35 bits per heavy atom. The standard InChI is InChI=1S/C17H14F3N5O/c1-24(14-5-3-2-4-6-14)15(26)11-25-22-16(21-23-25)12-7-9-13(10-8-12)17(18,19)20/h2-10H,11H2,1H3. The molecule has 0 aliphatic heterocycles. The third kappa shape index (κ3) is 3.88. The van der Waals surface area contributed by atoms with Crippen LogP contribution in [0, 0.1) is 0 Å². The number of alkyl halides is 3. The summed E-state index contributed by atoms with van der Waals surface area (Å²) < 4.78 is 37.8. The summed E-state index contributed by atoms with van der Waals surface area (Å²) in [5.41, 5.74) is 0.349. The third-order valence-corrected chi connectivity index (χ3v) is 3.72.